The van der Waals surface area contributed by atoms with Gasteiger partial charge in [-0.3, -0.25) is 9.52 Å². The SMILES string of the molecule is Cc1cc(NS(=O)(=O)c2ccc(=O)[nH]c2)no1. The summed E-state index contributed by atoms with van der Waals surface area (Å²) in [5, 5.41) is 3.51. The monoisotopic (exact) mass is 255 g/mol. The van der Waals surface area contributed by atoms with Gasteiger partial charge in [-0.1, -0.05) is 5.16 Å². The molecule has 0 saturated heterocycles. The topological polar surface area (TPSA) is 105 Å². The lowest BCUT2D eigenvalue weighted by Gasteiger charge is -2.03. The Hall–Kier alpha value is -2.09. The van der Waals surface area contributed by atoms with Gasteiger partial charge >= 0.3 is 0 Å². The summed E-state index contributed by atoms with van der Waals surface area (Å²) in [6.07, 6.45) is 1.11. The minimum Gasteiger partial charge on any atom is -0.360 e. The number of nitrogens with zero attached hydrogens (tertiary/aromatic N) is 1. The van der Waals surface area contributed by atoms with Crippen molar-refractivity contribution >= 4 is 15.8 Å². The number of aryl methyl sites for hydroxylation is 1. The van der Waals surface area contributed by atoms with E-state index in [-0.39, 0.29) is 16.3 Å². The van der Waals surface area contributed by atoms with E-state index in [4.69, 9.17) is 4.52 Å². The van der Waals surface area contributed by atoms with E-state index < -0.39 is 10.0 Å². The number of anilines is 1. The van der Waals surface area contributed by atoms with E-state index in [0.717, 1.165) is 12.3 Å². The van der Waals surface area contributed by atoms with Crippen molar-refractivity contribution in [2.24, 2.45) is 0 Å². The molecule has 0 spiro atoms. The van der Waals surface area contributed by atoms with E-state index in [1.165, 1.54) is 12.1 Å². The third-order valence-electron chi connectivity index (χ3n) is 1.93. The summed E-state index contributed by atoms with van der Waals surface area (Å²) in [7, 11) is -3.76. The van der Waals surface area contributed by atoms with Crippen LogP contribution in [-0.4, -0.2) is 18.6 Å². The molecule has 0 aliphatic carbocycles. The molecule has 0 saturated carbocycles. The molecule has 2 aromatic heterocycles. The number of rotatable bonds is 3. The summed E-state index contributed by atoms with van der Waals surface area (Å²) in [6.45, 7) is 1.64. The lowest BCUT2D eigenvalue weighted by atomic mass is 10.5. The van der Waals surface area contributed by atoms with Crippen LogP contribution < -0.4 is 10.3 Å². The van der Waals surface area contributed by atoms with Crippen molar-refractivity contribution in [3.8, 4) is 0 Å². The Morgan fingerprint density at radius 3 is 2.71 bits per heavy atom. The zero-order valence-corrected chi connectivity index (χ0v) is 9.61. The Morgan fingerprint density at radius 1 is 1.41 bits per heavy atom. The van der Waals surface area contributed by atoms with Gasteiger partial charge in [-0.05, 0) is 13.0 Å². The maximum atomic E-state index is 11.8. The van der Waals surface area contributed by atoms with Crippen LogP contribution in [0.25, 0.3) is 0 Å². The second-order valence-electron chi connectivity index (χ2n) is 3.32. The summed E-state index contributed by atoms with van der Waals surface area (Å²) >= 11 is 0. The van der Waals surface area contributed by atoms with Crippen LogP contribution in [0, 0.1) is 6.92 Å². The molecule has 0 aromatic carbocycles. The second kappa shape index (κ2) is 4.06. The largest absolute Gasteiger partial charge is 0.360 e. The average Bonchev–Trinajstić information content (AvgIpc) is 2.63. The second-order valence-corrected chi connectivity index (χ2v) is 5.00. The Kier molecular flexibility index (Phi) is 2.72. The van der Waals surface area contributed by atoms with Crippen molar-refractivity contribution in [2.45, 2.75) is 11.8 Å². The molecule has 0 amide bonds. The Morgan fingerprint density at radius 2 is 2.18 bits per heavy atom. The van der Waals surface area contributed by atoms with Crippen molar-refractivity contribution in [3.05, 3.63) is 40.5 Å². The van der Waals surface area contributed by atoms with Crippen molar-refractivity contribution < 1.29 is 12.9 Å². The summed E-state index contributed by atoms with van der Waals surface area (Å²) < 4.78 is 30.6. The van der Waals surface area contributed by atoms with Crippen molar-refractivity contribution in [1.29, 1.82) is 0 Å². The number of nitrogens with one attached hydrogen (secondary N) is 2. The zero-order chi connectivity index (χ0) is 12.5. The van der Waals surface area contributed by atoms with Crippen LogP contribution in [0.15, 0.2) is 38.6 Å². The molecule has 2 N–H and O–H groups in total. The lowest BCUT2D eigenvalue weighted by Crippen LogP contribution is -2.15. The fourth-order valence-electron chi connectivity index (χ4n) is 1.17. The van der Waals surface area contributed by atoms with E-state index in [1.807, 2.05) is 0 Å². The van der Waals surface area contributed by atoms with Crippen LogP contribution >= 0.6 is 0 Å². The first-order valence-corrected chi connectivity index (χ1v) is 6.10. The van der Waals surface area contributed by atoms with Crippen molar-refractivity contribution in [2.75, 3.05) is 4.72 Å². The Labute approximate surface area is 96.5 Å². The minimum atomic E-state index is -3.76. The molecule has 0 unspecified atom stereocenters. The number of pyridine rings is 1. The number of aromatic amines is 1. The highest BCUT2D eigenvalue weighted by atomic mass is 32.2. The highest BCUT2D eigenvalue weighted by molar-refractivity contribution is 7.92. The van der Waals surface area contributed by atoms with Gasteiger partial charge in [0, 0.05) is 18.3 Å². The number of H-pyrrole nitrogens is 1. The van der Waals surface area contributed by atoms with Gasteiger partial charge in [0.05, 0.1) is 0 Å². The first kappa shape index (κ1) is 11.4. The van der Waals surface area contributed by atoms with E-state index in [0.29, 0.717) is 5.76 Å². The molecule has 2 rings (SSSR count). The maximum Gasteiger partial charge on any atom is 0.264 e. The van der Waals surface area contributed by atoms with Gasteiger partial charge in [0.25, 0.3) is 10.0 Å². The maximum absolute atomic E-state index is 11.8. The van der Waals surface area contributed by atoms with Crippen molar-refractivity contribution in [3.63, 3.8) is 0 Å². The summed E-state index contributed by atoms with van der Waals surface area (Å²) in [5.41, 5.74) is -0.374. The predicted octanol–water partition coefficient (Wildman–Crippen LogP) is 0.472. The normalized spacial score (nSPS) is 11.4. The van der Waals surface area contributed by atoms with Gasteiger partial charge in [0.2, 0.25) is 5.56 Å². The van der Waals surface area contributed by atoms with E-state index >= 15 is 0 Å². The summed E-state index contributed by atoms with van der Waals surface area (Å²) in [6, 6.07) is 3.78. The number of hydrogen-bond acceptors (Lipinski definition) is 5. The smallest absolute Gasteiger partial charge is 0.264 e. The van der Waals surface area contributed by atoms with Gasteiger partial charge in [-0.15, -0.1) is 0 Å². The molecule has 0 fully saturated rings. The van der Waals surface area contributed by atoms with Crippen LogP contribution in [-0.2, 0) is 10.0 Å². The third kappa shape index (κ3) is 2.53. The highest BCUT2D eigenvalue weighted by Crippen LogP contribution is 2.13. The molecular weight excluding hydrogens is 246 g/mol. The number of aromatic nitrogens is 2. The Balaban J connectivity index is 2.31. The van der Waals surface area contributed by atoms with Crippen LogP contribution in [0.2, 0.25) is 0 Å². The van der Waals surface area contributed by atoms with Gasteiger partial charge in [-0.2, -0.15) is 0 Å². The third-order valence-corrected chi connectivity index (χ3v) is 3.29. The van der Waals surface area contributed by atoms with Crippen molar-refractivity contribution in [1.82, 2.24) is 10.1 Å². The first-order valence-electron chi connectivity index (χ1n) is 4.62. The fourth-order valence-corrected chi connectivity index (χ4v) is 2.13. The quantitative estimate of drug-likeness (QED) is 0.829. The molecule has 7 nitrogen and oxygen atoms in total. The molecule has 2 heterocycles. The standard InChI is InChI=1S/C9H9N3O4S/c1-6-4-8(11-16-6)12-17(14,15)7-2-3-9(13)10-5-7/h2-5H,1H3,(H,10,13)(H,11,12). The molecular formula is C9H9N3O4S. The van der Waals surface area contributed by atoms with Gasteiger partial charge in [0.1, 0.15) is 10.7 Å². The van der Waals surface area contributed by atoms with Gasteiger partial charge in [-0.25, -0.2) is 8.42 Å². The first-order chi connectivity index (χ1) is 7.97. The van der Waals surface area contributed by atoms with E-state index in [1.54, 1.807) is 6.92 Å². The van der Waals surface area contributed by atoms with Gasteiger partial charge < -0.3 is 9.51 Å². The summed E-state index contributed by atoms with van der Waals surface area (Å²) in [5.74, 6) is 0.581. The molecule has 17 heavy (non-hydrogen) atoms. The molecule has 0 aliphatic heterocycles. The zero-order valence-electron chi connectivity index (χ0n) is 8.80. The molecule has 0 bridgehead atoms. The van der Waals surface area contributed by atoms with E-state index in [9.17, 15) is 13.2 Å². The van der Waals surface area contributed by atoms with E-state index in [2.05, 4.69) is 14.9 Å². The molecule has 90 valence electrons. The Bertz CT molecular complexity index is 666. The molecule has 0 atom stereocenters. The molecule has 0 aliphatic rings. The number of hydrogen-bond donors (Lipinski definition) is 2. The number of sulfonamides is 1. The van der Waals surface area contributed by atoms with Crippen LogP contribution in [0.4, 0.5) is 5.82 Å². The highest BCUT2D eigenvalue weighted by Gasteiger charge is 2.15. The molecule has 0 radical (unpaired) electrons. The van der Waals surface area contributed by atoms with Gasteiger partial charge in [0.15, 0.2) is 5.82 Å². The van der Waals surface area contributed by atoms with Crippen LogP contribution in [0.5, 0.6) is 0 Å². The molecule has 8 heteroatoms. The minimum absolute atomic E-state index is 0.0576. The molecule has 2 aromatic rings. The fraction of sp³-hybridized carbons (Fsp3) is 0.111. The summed E-state index contributed by atoms with van der Waals surface area (Å²) in [4.78, 5) is 13.0. The predicted molar refractivity (Wildman–Crippen MR) is 59.1 cm³/mol. The van der Waals surface area contributed by atoms with Crippen LogP contribution in [0.1, 0.15) is 5.76 Å². The lowest BCUT2D eigenvalue weighted by molar-refractivity contribution is 0.400. The van der Waals surface area contributed by atoms with Crippen LogP contribution in [0.3, 0.4) is 0 Å². The average molecular weight is 255 g/mol.